The van der Waals surface area contributed by atoms with Crippen LogP contribution in [0.4, 0.5) is 0 Å². The zero-order chi connectivity index (χ0) is 13.9. The maximum absolute atomic E-state index is 10.3. The molecule has 0 aliphatic rings. The molecule has 0 aromatic rings. The number of hydrogen-bond donors (Lipinski definition) is 1. The predicted molar refractivity (Wildman–Crippen MR) is 81.9 cm³/mol. The van der Waals surface area contributed by atoms with E-state index in [9.17, 15) is 4.79 Å². The number of halogens is 2. The van der Waals surface area contributed by atoms with Crippen LogP contribution >= 0.6 is 22.2 Å². The van der Waals surface area contributed by atoms with Gasteiger partial charge in [-0.1, -0.05) is 51.4 Å². The van der Waals surface area contributed by atoms with E-state index in [1.165, 1.54) is 38.5 Å². The van der Waals surface area contributed by atoms with Gasteiger partial charge in [0.2, 0.25) is 6.69 Å². The van der Waals surface area contributed by atoms with Gasteiger partial charge >= 0.3 is 5.97 Å². The molecule has 0 aromatic carbocycles. The normalized spacial score (nSPS) is 11.7. The Hall–Kier alpha value is 0.267. The third-order valence-corrected chi connectivity index (χ3v) is 5.37. The molecule has 0 rings (SSSR count). The molecule has 5 heteroatoms. The molecule has 0 radical (unpaired) electrons. The van der Waals surface area contributed by atoms with Crippen LogP contribution in [0.15, 0.2) is 0 Å². The smallest absolute Gasteiger partial charge is 0.303 e. The Labute approximate surface area is 121 Å². The van der Waals surface area contributed by atoms with Crippen molar-refractivity contribution in [2.75, 3.05) is 0 Å². The summed E-state index contributed by atoms with van der Waals surface area (Å²) < 4.78 is 0. The van der Waals surface area contributed by atoms with Crippen LogP contribution in [-0.4, -0.2) is 17.8 Å². The van der Waals surface area contributed by atoms with E-state index in [0.717, 1.165) is 25.3 Å². The number of carboxylic acid groups (broad SMARTS) is 1. The van der Waals surface area contributed by atoms with E-state index in [4.69, 9.17) is 27.3 Å². The highest BCUT2D eigenvalue weighted by Crippen LogP contribution is 2.23. The summed E-state index contributed by atoms with van der Waals surface area (Å²) in [6.45, 7) is 0.119. The first-order chi connectivity index (χ1) is 8.42. The lowest BCUT2D eigenvalue weighted by atomic mass is 10.1. The minimum absolute atomic E-state index is 0.319. The fourth-order valence-electron chi connectivity index (χ4n) is 1.95. The van der Waals surface area contributed by atoms with Crippen molar-refractivity contribution >= 4 is 34.8 Å². The summed E-state index contributed by atoms with van der Waals surface area (Å²) in [7, 11) is 0. The van der Waals surface area contributed by atoms with Gasteiger partial charge in [-0.05, 0) is 19.0 Å². The van der Waals surface area contributed by atoms with Gasteiger partial charge in [0.05, 0.1) is 0 Å². The average Bonchev–Trinajstić information content (AvgIpc) is 2.24. The van der Waals surface area contributed by atoms with Crippen LogP contribution in [0.1, 0.15) is 64.2 Å². The molecular weight excluding hydrogens is 287 g/mol. The molecule has 0 saturated carbocycles. The van der Waals surface area contributed by atoms with Crippen LogP contribution in [0, 0.1) is 0 Å². The van der Waals surface area contributed by atoms with Crippen molar-refractivity contribution in [3.8, 4) is 0 Å². The molecule has 1 N–H and O–H groups in total. The van der Waals surface area contributed by atoms with Gasteiger partial charge in [0, 0.05) is 6.42 Å². The molecule has 0 amide bonds. The number of carboxylic acids is 1. The maximum Gasteiger partial charge on any atom is 0.303 e. The van der Waals surface area contributed by atoms with Crippen LogP contribution in [-0.2, 0) is 4.79 Å². The Morgan fingerprint density at radius 3 is 1.67 bits per heavy atom. The third kappa shape index (κ3) is 16.3. The van der Waals surface area contributed by atoms with E-state index in [2.05, 4.69) is 0 Å². The van der Waals surface area contributed by atoms with Crippen LogP contribution < -0.4 is 0 Å². The first-order valence-electron chi connectivity index (χ1n) is 7.01. The Kier molecular flexibility index (Phi) is 11.3. The number of rotatable bonds is 12. The van der Waals surface area contributed by atoms with Gasteiger partial charge in [0.15, 0.2) is 0 Å². The van der Waals surface area contributed by atoms with Gasteiger partial charge in [0.1, 0.15) is 0 Å². The highest BCUT2D eigenvalue weighted by molar-refractivity contribution is 7.44. The maximum atomic E-state index is 10.3. The van der Waals surface area contributed by atoms with Crippen molar-refractivity contribution in [1.82, 2.24) is 0 Å². The summed E-state index contributed by atoms with van der Waals surface area (Å²) in [4.78, 5) is 10.3. The molecule has 0 fully saturated rings. The molecule has 0 aromatic heterocycles. The molecular formula is C13H26Cl2O2Si. The van der Waals surface area contributed by atoms with Crippen LogP contribution in [0.2, 0.25) is 12.6 Å². The summed E-state index contributed by atoms with van der Waals surface area (Å²) in [6.07, 6.45) is 10.8. The second kappa shape index (κ2) is 11.1. The largest absolute Gasteiger partial charge is 0.481 e. The van der Waals surface area contributed by atoms with Crippen molar-refractivity contribution in [1.29, 1.82) is 0 Å². The minimum Gasteiger partial charge on any atom is -0.481 e. The van der Waals surface area contributed by atoms with Crippen molar-refractivity contribution in [3.05, 3.63) is 0 Å². The molecule has 0 aliphatic carbocycles. The standard InChI is InChI=1S/C13H26Cl2O2Si/c1-18(14,15)12-10-8-6-4-2-3-5-7-9-11-13(16)17/h2-12H2,1H3,(H,16,17). The Morgan fingerprint density at radius 1 is 0.889 bits per heavy atom. The molecule has 0 unspecified atom stereocenters. The molecule has 0 heterocycles. The molecule has 0 saturated heterocycles. The molecule has 2 nitrogen and oxygen atoms in total. The van der Waals surface area contributed by atoms with Crippen LogP contribution in [0.25, 0.3) is 0 Å². The van der Waals surface area contributed by atoms with Crippen molar-refractivity contribution < 1.29 is 9.90 Å². The predicted octanol–water partition coefficient (Wildman–Crippen LogP) is 5.52. The second-order valence-corrected chi connectivity index (χ2v) is 13.4. The van der Waals surface area contributed by atoms with Gasteiger partial charge in [-0.3, -0.25) is 4.79 Å². The lowest BCUT2D eigenvalue weighted by Crippen LogP contribution is -2.11. The molecule has 0 bridgehead atoms. The highest BCUT2D eigenvalue weighted by Gasteiger charge is 2.19. The second-order valence-electron chi connectivity index (χ2n) is 5.15. The highest BCUT2D eigenvalue weighted by atomic mass is 35.7. The van der Waals surface area contributed by atoms with E-state index < -0.39 is 12.7 Å². The monoisotopic (exact) mass is 312 g/mol. The molecule has 0 aliphatic heterocycles. The quantitative estimate of drug-likeness (QED) is 0.292. The van der Waals surface area contributed by atoms with Crippen molar-refractivity contribution in [3.63, 3.8) is 0 Å². The Balaban J connectivity index is 3.06. The number of hydrogen-bond acceptors (Lipinski definition) is 1. The summed E-state index contributed by atoms with van der Waals surface area (Å²) in [5.41, 5.74) is 0. The summed E-state index contributed by atoms with van der Waals surface area (Å²) in [6, 6.07) is 1.01. The first-order valence-corrected chi connectivity index (χ1v) is 11.7. The summed E-state index contributed by atoms with van der Waals surface area (Å²) in [5.74, 6) is -0.677. The average molecular weight is 313 g/mol. The van der Waals surface area contributed by atoms with Crippen LogP contribution in [0.5, 0.6) is 0 Å². The number of aliphatic carboxylic acids is 1. The minimum atomic E-state index is -1.86. The molecule has 0 spiro atoms. The van der Waals surface area contributed by atoms with Gasteiger partial charge in [-0.25, -0.2) is 0 Å². The Morgan fingerprint density at radius 2 is 1.28 bits per heavy atom. The number of carbonyl (C=O) groups is 1. The third-order valence-electron chi connectivity index (χ3n) is 3.01. The SMILES string of the molecule is C[Si](Cl)(Cl)CCCCCCCCCCCC(=O)O. The van der Waals surface area contributed by atoms with Gasteiger partial charge < -0.3 is 5.11 Å². The topological polar surface area (TPSA) is 37.3 Å². The number of unbranched alkanes of at least 4 members (excludes halogenated alkanes) is 8. The van der Waals surface area contributed by atoms with E-state index in [1.807, 2.05) is 6.55 Å². The van der Waals surface area contributed by atoms with Crippen molar-refractivity contribution in [2.24, 2.45) is 0 Å². The summed E-state index contributed by atoms with van der Waals surface area (Å²) >= 11 is 12.1. The molecule has 0 atom stereocenters. The van der Waals surface area contributed by atoms with Gasteiger partial charge in [-0.15, -0.1) is 22.2 Å². The zero-order valence-electron chi connectivity index (χ0n) is 11.4. The fraction of sp³-hybridized carbons (Fsp3) is 0.923. The zero-order valence-corrected chi connectivity index (χ0v) is 13.9. The van der Waals surface area contributed by atoms with E-state index in [-0.39, 0.29) is 0 Å². The van der Waals surface area contributed by atoms with Gasteiger partial charge in [-0.2, -0.15) is 0 Å². The van der Waals surface area contributed by atoms with E-state index >= 15 is 0 Å². The summed E-state index contributed by atoms with van der Waals surface area (Å²) in [5, 5.41) is 8.48. The van der Waals surface area contributed by atoms with Crippen molar-refractivity contribution in [2.45, 2.75) is 76.8 Å². The van der Waals surface area contributed by atoms with E-state index in [1.54, 1.807) is 0 Å². The van der Waals surface area contributed by atoms with E-state index in [0.29, 0.717) is 6.42 Å². The molecule has 108 valence electrons. The molecule has 18 heavy (non-hydrogen) atoms. The lowest BCUT2D eigenvalue weighted by molar-refractivity contribution is -0.137. The first kappa shape index (κ1) is 18.3. The van der Waals surface area contributed by atoms with Gasteiger partial charge in [0.25, 0.3) is 0 Å². The van der Waals surface area contributed by atoms with Crippen LogP contribution in [0.3, 0.4) is 0 Å². The fourth-order valence-corrected chi connectivity index (χ4v) is 3.62. The Bertz CT molecular complexity index is 218. The lowest BCUT2D eigenvalue weighted by Gasteiger charge is -2.09.